The molecule has 0 heterocycles. The van der Waals surface area contributed by atoms with Gasteiger partial charge in [0.05, 0.1) is 0 Å². The van der Waals surface area contributed by atoms with Gasteiger partial charge in [0.15, 0.2) is 0 Å². The molecule has 61 heavy (non-hydrogen) atoms. The van der Waals surface area contributed by atoms with Crippen molar-refractivity contribution in [3.05, 3.63) is 0 Å². The van der Waals surface area contributed by atoms with Gasteiger partial charge in [-0.25, -0.2) is 0 Å². The molecule has 0 aromatic carbocycles. The molecular weight excluding hydrogens is 14500 g/mol. The van der Waals surface area contributed by atoms with Gasteiger partial charge in [-0.05, 0) is 0 Å². The summed E-state index contributed by atoms with van der Waals surface area (Å²) >= 11 is 0. The van der Waals surface area contributed by atoms with Crippen molar-refractivity contribution in [3.63, 3.8) is 0 Å². The third-order valence-electron chi connectivity index (χ3n) is 0. The van der Waals surface area contributed by atoms with Crippen LogP contribution in [0.3, 0.4) is 0 Å². The zero-order chi connectivity index (χ0) is 0. The number of hydrogen-bond donors (Lipinski definition) is 0. The molecule has 0 saturated heterocycles. The Morgan fingerprint density at radius 2 is 0.0164 bits per heavy atom. The molecule has 0 unspecified atom stereocenters. The van der Waals surface area contributed by atoms with Gasteiger partial charge in [0.2, 0.25) is 0 Å². The van der Waals surface area contributed by atoms with Crippen LogP contribution >= 0.6 is 0 Å². The van der Waals surface area contributed by atoms with E-state index in [2.05, 4.69) is 0 Å². The van der Waals surface area contributed by atoms with E-state index in [-0.39, 0.29) is 1900 Å². The molecule has 0 nitrogen and oxygen atoms in total. The molecule has 0 aliphatic heterocycles. The summed E-state index contributed by atoms with van der Waals surface area (Å²) in [5.41, 5.74) is 0. The summed E-state index contributed by atoms with van der Waals surface area (Å²) in [4.78, 5) is 0. The molecule has 0 amide bonds. The third kappa shape index (κ3) is 450. The van der Waals surface area contributed by atoms with Crippen molar-refractivity contribution in [3.8, 4) is 0 Å². The second-order valence-corrected chi connectivity index (χ2v) is 0. The van der Waals surface area contributed by atoms with Crippen LogP contribution in [0.15, 0.2) is 0 Å². The maximum Gasteiger partial charge on any atom is 0 e. The SMILES string of the molecule is [U].[U].[U].[U].[U].[U].[U].[U].[U].[U].[U].[U].[U].[U].[U].[U].[U].[U].[U].[U].[U].[U].[U].[U].[U].[U].[U].[U].[U].[U].[U].[U].[U].[U].[U].[U].[U].[U].[U].[U].[U].[U].[U].[U].[U].[U].[U].[U].[U].[U].[U].[U].[U].[U].[U].[U].[U].[U].[U].[U].[U]. The first-order valence-electron chi connectivity index (χ1n) is 0. The summed E-state index contributed by atoms with van der Waals surface area (Å²) in [6, 6.07) is 0. The van der Waals surface area contributed by atoms with Crippen LogP contribution in [0.1, 0.15) is 0 Å². The van der Waals surface area contributed by atoms with Crippen LogP contribution < -0.4 is 0 Å². The van der Waals surface area contributed by atoms with Gasteiger partial charge in [-0.15, -0.1) is 0 Å². The number of hydrogen-bond acceptors (Lipinski definition) is 0. The summed E-state index contributed by atoms with van der Waals surface area (Å²) in [5.74, 6) is 0. The molecular formula is U61. The average molecular weight is 14500 g/mol. The molecule has 0 atom stereocenters. The fourth-order valence-corrected chi connectivity index (χ4v) is 0. The topological polar surface area (TPSA) is 0 Å². The Morgan fingerprint density at radius 1 is 0.0164 bits per heavy atom. The third-order valence-corrected chi connectivity index (χ3v) is 0. The summed E-state index contributed by atoms with van der Waals surface area (Å²) in [7, 11) is 0. The zero-order valence-electron chi connectivity index (χ0n) is 30.5. The molecule has 244 valence electrons. The van der Waals surface area contributed by atoms with Crippen LogP contribution in [0.4, 0.5) is 0 Å². The van der Waals surface area contributed by atoms with Crippen molar-refractivity contribution in [2.24, 2.45) is 0 Å². The van der Waals surface area contributed by atoms with Gasteiger partial charge in [0, 0.05) is 1900 Å². The molecule has 0 aliphatic rings. The molecule has 0 rings (SSSR count). The van der Waals surface area contributed by atoms with Crippen LogP contribution in [-0.2, 0) is 0 Å². The van der Waals surface area contributed by atoms with Gasteiger partial charge in [-0.1, -0.05) is 0 Å². The first kappa shape index (κ1) is 469. The fraction of sp³-hybridized carbons (Fsp3) is 0. The standard InChI is InChI=1S/61U. The van der Waals surface area contributed by atoms with Crippen LogP contribution in [0, 0.1) is 1900 Å². The summed E-state index contributed by atoms with van der Waals surface area (Å²) in [6.45, 7) is 0. The molecule has 0 bridgehead atoms. The Hall–Kier alpha value is 64.2. The van der Waals surface area contributed by atoms with Crippen LogP contribution in [0.5, 0.6) is 0 Å². The van der Waals surface area contributed by atoms with E-state index in [1.807, 2.05) is 0 Å². The van der Waals surface area contributed by atoms with Crippen molar-refractivity contribution in [2.75, 3.05) is 0 Å². The second-order valence-electron chi connectivity index (χ2n) is 0. The van der Waals surface area contributed by atoms with Crippen LogP contribution in [0.2, 0.25) is 0 Å². The Labute approximate surface area is 1820 Å². The largest absolute Gasteiger partial charge is 0 e. The Kier molecular flexibility index (Phi) is 3510. The van der Waals surface area contributed by atoms with E-state index in [4.69, 9.17) is 0 Å². The predicted molar refractivity (Wildman–Crippen MR) is 0 cm³/mol. The van der Waals surface area contributed by atoms with Gasteiger partial charge in [0.25, 0.3) is 0 Å². The van der Waals surface area contributed by atoms with Gasteiger partial charge in [-0.2, -0.15) is 0 Å². The van der Waals surface area contributed by atoms with Gasteiger partial charge in [-0.3, -0.25) is 0 Å². The van der Waals surface area contributed by atoms with Crippen molar-refractivity contribution in [2.45, 2.75) is 0 Å². The van der Waals surface area contributed by atoms with Gasteiger partial charge < -0.3 is 0 Å². The quantitative estimate of drug-likeness (QED) is 0.321. The van der Waals surface area contributed by atoms with Crippen molar-refractivity contribution in [1.82, 2.24) is 0 Å². The van der Waals surface area contributed by atoms with E-state index in [9.17, 15) is 0 Å². The molecule has 0 spiro atoms. The minimum atomic E-state index is 0. The molecule has 0 saturated carbocycles. The van der Waals surface area contributed by atoms with E-state index in [0.29, 0.717) is 0 Å². The molecule has 61 heteroatoms. The molecule has 0 fully saturated rings. The summed E-state index contributed by atoms with van der Waals surface area (Å²) < 4.78 is 0. The molecule has 0 aromatic rings. The number of rotatable bonds is 0. The first-order chi connectivity index (χ1) is 0. The van der Waals surface area contributed by atoms with Gasteiger partial charge >= 0.3 is 0 Å². The first-order valence-corrected chi connectivity index (χ1v) is 0. The predicted octanol–water partition coefficient (Wildman–Crippen LogP) is 0. The van der Waals surface area contributed by atoms with E-state index in [1.54, 1.807) is 0 Å². The monoisotopic (exact) mass is 14500 g/mol. The summed E-state index contributed by atoms with van der Waals surface area (Å²) in [6.07, 6.45) is 0. The Balaban J connectivity index is 0. The zero-order valence-corrected chi connectivity index (χ0v) is 284. The normalized spacial score (nSPS) is 0. The van der Waals surface area contributed by atoms with E-state index in [1.165, 1.54) is 0 Å². The maximum absolute atomic E-state index is 0. The Morgan fingerprint density at radius 3 is 0.0164 bits per heavy atom. The van der Waals surface area contributed by atoms with Crippen molar-refractivity contribution >= 4 is 0 Å². The van der Waals surface area contributed by atoms with Crippen molar-refractivity contribution < 1.29 is 1900 Å². The summed E-state index contributed by atoms with van der Waals surface area (Å²) in [5, 5.41) is 0. The van der Waals surface area contributed by atoms with Gasteiger partial charge in [0.1, 0.15) is 0 Å². The fourth-order valence-electron chi connectivity index (χ4n) is 0. The Bertz CT molecular complexity index is 0. The van der Waals surface area contributed by atoms with E-state index in [0.717, 1.165) is 0 Å². The molecule has 0 N–H and O–H groups in total. The molecule has 0 aromatic heterocycles. The maximum atomic E-state index is 0. The smallest absolute Gasteiger partial charge is 0 e. The minimum absolute atomic E-state index is 0. The van der Waals surface area contributed by atoms with Crippen LogP contribution in [0.25, 0.3) is 0 Å². The average Bonchev–Trinajstić information content (AvgIpc) is 0. The van der Waals surface area contributed by atoms with E-state index < -0.39 is 0 Å². The molecule has 0 radical (unpaired) electrons. The van der Waals surface area contributed by atoms with Crippen molar-refractivity contribution in [1.29, 1.82) is 0 Å². The van der Waals surface area contributed by atoms with E-state index >= 15 is 0 Å². The van der Waals surface area contributed by atoms with Crippen LogP contribution in [-0.4, -0.2) is 0 Å². The molecule has 0 aliphatic carbocycles. The second kappa shape index (κ2) is 457. The minimum Gasteiger partial charge on any atom is 0 e.